The molecule has 1 aromatic heterocycles. The zero-order valence-corrected chi connectivity index (χ0v) is 17.6. The van der Waals surface area contributed by atoms with E-state index in [4.69, 9.17) is 18.6 Å². The number of hydrogen-bond donors (Lipinski definition) is 1. The number of anilines is 1. The van der Waals surface area contributed by atoms with Crippen LogP contribution in [-0.2, 0) is 11.2 Å². The number of nitrogens with zero attached hydrogens (tertiary/aromatic N) is 1. The summed E-state index contributed by atoms with van der Waals surface area (Å²) >= 11 is 0. The normalized spacial score (nSPS) is 10.5. The summed E-state index contributed by atoms with van der Waals surface area (Å²) in [6.45, 7) is 1.76. The molecule has 9 heteroatoms. The van der Waals surface area contributed by atoms with Crippen molar-refractivity contribution in [3.05, 3.63) is 63.9 Å². The summed E-state index contributed by atoms with van der Waals surface area (Å²) in [7, 11) is 4.47. The van der Waals surface area contributed by atoms with Gasteiger partial charge in [-0.05, 0) is 48.9 Å². The third-order valence-electron chi connectivity index (χ3n) is 4.57. The molecule has 1 amide bonds. The molecule has 3 aromatic rings. The van der Waals surface area contributed by atoms with Gasteiger partial charge in [0.1, 0.15) is 11.5 Å². The number of hydrogen-bond acceptors (Lipinski definition) is 7. The van der Waals surface area contributed by atoms with Crippen LogP contribution in [0, 0.1) is 17.0 Å². The van der Waals surface area contributed by atoms with Crippen LogP contribution in [0.25, 0.3) is 11.3 Å². The summed E-state index contributed by atoms with van der Waals surface area (Å²) in [6.07, 6.45) is 0.00361. The lowest BCUT2D eigenvalue weighted by molar-refractivity contribution is -0.384. The molecule has 0 saturated carbocycles. The monoisotopic (exact) mass is 426 g/mol. The fourth-order valence-corrected chi connectivity index (χ4v) is 3.18. The summed E-state index contributed by atoms with van der Waals surface area (Å²) in [5.41, 5.74) is 1.10. The predicted molar refractivity (Wildman–Crippen MR) is 114 cm³/mol. The highest BCUT2D eigenvalue weighted by Gasteiger charge is 2.20. The Morgan fingerprint density at radius 1 is 1.03 bits per heavy atom. The maximum Gasteiger partial charge on any atom is 0.282 e. The molecule has 1 N–H and O–H groups in total. The van der Waals surface area contributed by atoms with Gasteiger partial charge in [0.2, 0.25) is 11.7 Å². The first-order chi connectivity index (χ1) is 14.9. The molecule has 0 spiro atoms. The molecule has 0 unspecified atom stereocenters. The van der Waals surface area contributed by atoms with Crippen LogP contribution < -0.4 is 19.5 Å². The average molecular weight is 426 g/mol. The van der Waals surface area contributed by atoms with Crippen molar-refractivity contribution in [3.63, 3.8) is 0 Å². The van der Waals surface area contributed by atoms with Crippen LogP contribution in [0.5, 0.6) is 17.2 Å². The van der Waals surface area contributed by atoms with Gasteiger partial charge in [-0.1, -0.05) is 0 Å². The first-order valence-corrected chi connectivity index (χ1v) is 9.30. The highest BCUT2D eigenvalue weighted by Crippen LogP contribution is 2.38. The number of amides is 1. The van der Waals surface area contributed by atoms with Crippen molar-refractivity contribution < 1.29 is 28.3 Å². The Kier molecular flexibility index (Phi) is 6.44. The fraction of sp³-hybridized carbons (Fsp3) is 0.227. The van der Waals surface area contributed by atoms with Crippen LogP contribution in [0.2, 0.25) is 0 Å². The zero-order chi connectivity index (χ0) is 22.5. The predicted octanol–water partition coefficient (Wildman–Crippen LogP) is 4.37. The summed E-state index contributed by atoms with van der Waals surface area (Å²) < 4.78 is 21.4. The second kappa shape index (κ2) is 9.21. The molecule has 0 aliphatic rings. The maximum absolute atomic E-state index is 12.6. The van der Waals surface area contributed by atoms with Crippen molar-refractivity contribution >= 4 is 17.3 Å². The van der Waals surface area contributed by atoms with E-state index < -0.39 is 4.92 Å². The summed E-state index contributed by atoms with van der Waals surface area (Å²) in [5, 5.41) is 14.2. The molecule has 162 valence electrons. The minimum atomic E-state index is -0.512. The largest absolute Gasteiger partial charge is 0.493 e. The number of nitro benzene ring substituents is 1. The molecule has 9 nitrogen and oxygen atoms in total. The molecule has 0 bridgehead atoms. The van der Waals surface area contributed by atoms with E-state index >= 15 is 0 Å². The number of ether oxygens (including phenoxy) is 3. The molecule has 0 radical (unpaired) electrons. The van der Waals surface area contributed by atoms with Crippen molar-refractivity contribution in [2.45, 2.75) is 13.3 Å². The zero-order valence-electron chi connectivity index (χ0n) is 17.6. The van der Waals surface area contributed by atoms with E-state index in [-0.39, 0.29) is 18.0 Å². The van der Waals surface area contributed by atoms with Gasteiger partial charge in [0, 0.05) is 11.8 Å². The van der Waals surface area contributed by atoms with Crippen molar-refractivity contribution in [2.24, 2.45) is 0 Å². The van der Waals surface area contributed by atoms with E-state index in [1.165, 1.54) is 27.4 Å². The third kappa shape index (κ3) is 4.77. The van der Waals surface area contributed by atoms with Gasteiger partial charge in [-0.2, -0.15) is 0 Å². The van der Waals surface area contributed by atoms with Gasteiger partial charge in [0.15, 0.2) is 11.5 Å². The standard InChI is InChI=1S/C22H22N2O7/c1-13-5-8-18(31-13)16-7-6-15(12-17(16)24(26)27)23-21(25)11-14-9-19(28-2)22(30-4)20(10-14)29-3/h5-10,12H,11H2,1-4H3,(H,23,25). The minimum absolute atomic E-state index is 0.00361. The lowest BCUT2D eigenvalue weighted by atomic mass is 10.1. The van der Waals surface area contributed by atoms with Gasteiger partial charge in [-0.25, -0.2) is 0 Å². The van der Waals surface area contributed by atoms with E-state index in [9.17, 15) is 14.9 Å². The quantitative estimate of drug-likeness (QED) is 0.420. The molecule has 3 rings (SSSR count). The number of aryl methyl sites for hydroxylation is 1. The Balaban J connectivity index is 1.82. The smallest absolute Gasteiger partial charge is 0.282 e. The van der Waals surface area contributed by atoms with Gasteiger partial charge in [0.25, 0.3) is 5.69 Å². The van der Waals surface area contributed by atoms with Crippen molar-refractivity contribution in [1.29, 1.82) is 0 Å². The van der Waals surface area contributed by atoms with Gasteiger partial charge in [-0.3, -0.25) is 14.9 Å². The van der Waals surface area contributed by atoms with E-state index in [0.717, 1.165) is 0 Å². The maximum atomic E-state index is 12.6. The van der Waals surface area contributed by atoms with Crippen molar-refractivity contribution in [3.8, 4) is 28.6 Å². The number of nitro groups is 1. The van der Waals surface area contributed by atoms with Crippen LogP contribution in [-0.4, -0.2) is 32.2 Å². The molecule has 0 fully saturated rings. The Bertz CT molecular complexity index is 1100. The third-order valence-corrected chi connectivity index (χ3v) is 4.57. The van der Waals surface area contributed by atoms with E-state index in [2.05, 4.69) is 5.32 Å². The number of benzene rings is 2. The molecule has 0 saturated heterocycles. The van der Waals surface area contributed by atoms with Gasteiger partial charge < -0.3 is 23.9 Å². The van der Waals surface area contributed by atoms with Crippen LogP contribution in [0.4, 0.5) is 11.4 Å². The Morgan fingerprint density at radius 2 is 1.71 bits per heavy atom. The number of rotatable bonds is 8. The minimum Gasteiger partial charge on any atom is -0.493 e. The number of methoxy groups -OCH3 is 3. The summed E-state index contributed by atoms with van der Waals surface area (Å²) in [6, 6.07) is 11.2. The van der Waals surface area contributed by atoms with Crippen LogP contribution in [0.3, 0.4) is 0 Å². The van der Waals surface area contributed by atoms with Gasteiger partial charge in [0.05, 0.1) is 38.2 Å². The second-order valence-electron chi connectivity index (χ2n) is 6.66. The van der Waals surface area contributed by atoms with E-state index in [0.29, 0.717) is 45.6 Å². The fourth-order valence-electron chi connectivity index (χ4n) is 3.18. The number of nitrogens with one attached hydrogen (secondary N) is 1. The Hall–Kier alpha value is -4.01. The molecule has 1 heterocycles. The SMILES string of the molecule is COc1cc(CC(=O)Nc2ccc(-c3ccc(C)o3)c([N+](=O)[O-])c2)cc(OC)c1OC. The number of furan rings is 1. The number of carbonyl (C=O) groups excluding carboxylic acids is 1. The molecule has 0 aliphatic heterocycles. The molecule has 2 aromatic carbocycles. The lowest BCUT2D eigenvalue weighted by Crippen LogP contribution is -2.15. The van der Waals surface area contributed by atoms with Crippen LogP contribution in [0.1, 0.15) is 11.3 Å². The van der Waals surface area contributed by atoms with Gasteiger partial charge in [-0.15, -0.1) is 0 Å². The summed E-state index contributed by atoms with van der Waals surface area (Å²) in [5.74, 6) is 1.96. The summed E-state index contributed by atoms with van der Waals surface area (Å²) in [4.78, 5) is 23.6. The van der Waals surface area contributed by atoms with Crippen LogP contribution in [0.15, 0.2) is 46.9 Å². The topological polar surface area (TPSA) is 113 Å². The molecule has 0 atom stereocenters. The Morgan fingerprint density at radius 3 is 2.23 bits per heavy atom. The highest BCUT2D eigenvalue weighted by atomic mass is 16.6. The Labute approximate surface area is 178 Å². The second-order valence-corrected chi connectivity index (χ2v) is 6.66. The molecule has 31 heavy (non-hydrogen) atoms. The van der Waals surface area contributed by atoms with E-state index in [1.54, 1.807) is 43.3 Å². The first-order valence-electron chi connectivity index (χ1n) is 9.30. The lowest BCUT2D eigenvalue weighted by Gasteiger charge is -2.14. The first kappa shape index (κ1) is 21.7. The van der Waals surface area contributed by atoms with E-state index in [1.807, 2.05) is 0 Å². The van der Waals surface area contributed by atoms with Crippen molar-refractivity contribution in [2.75, 3.05) is 26.6 Å². The van der Waals surface area contributed by atoms with Crippen molar-refractivity contribution in [1.82, 2.24) is 0 Å². The number of carbonyl (C=O) groups is 1. The van der Waals surface area contributed by atoms with Crippen LogP contribution >= 0.6 is 0 Å². The molecule has 0 aliphatic carbocycles. The highest BCUT2D eigenvalue weighted by molar-refractivity contribution is 5.93. The average Bonchev–Trinajstić information content (AvgIpc) is 3.18. The molecular formula is C22H22N2O7. The molecular weight excluding hydrogens is 404 g/mol. The van der Waals surface area contributed by atoms with Gasteiger partial charge >= 0.3 is 0 Å².